The Morgan fingerprint density at radius 2 is 2.29 bits per heavy atom. The number of rotatable bonds is 3. The van der Waals surface area contributed by atoms with Crippen LogP contribution in [0.15, 0.2) is 18.5 Å². The summed E-state index contributed by atoms with van der Waals surface area (Å²) in [6.45, 7) is 5.33. The van der Waals surface area contributed by atoms with Crippen LogP contribution in [0.25, 0.3) is 22.1 Å². The number of likely N-dealkylation sites (tertiary alicyclic amines) is 1. The van der Waals surface area contributed by atoms with Gasteiger partial charge in [-0.25, -0.2) is 9.97 Å². The van der Waals surface area contributed by atoms with Gasteiger partial charge < -0.3 is 14.7 Å². The van der Waals surface area contributed by atoms with Crippen LogP contribution in [0.2, 0.25) is 0 Å². The molecule has 0 aliphatic carbocycles. The van der Waals surface area contributed by atoms with Gasteiger partial charge in [0.2, 0.25) is 0 Å². The van der Waals surface area contributed by atoms with Crippen LogP contribution in [-0.4, -0.2) is 48.7 Å². The molecule has 1 fully saturated rings. The number of pyridine rings is 1. The molecule has 124 valence electrons. The van der Waals surface area contributed by atoms with E-state index in [1.54, 1.807) is 13.1 Å². The highest BCUT2D eigenvalue weighted by atomic mass is 16.3. The number of aliphatic hydroxyl groups is 1. The van der Waals surface area contributed by atoms with Crippen molar-refractivity contribution in [1.29, 1.82) is 5.26 Å². The highest BCUT2D eigenvalue weighted by molar-refractivity contribution is 6.01. The highest BCUT2D eigenvalue weighted by Crippen LogP contribution is 2.34. The van der Waals surface area contributed by atoms with Crippen molar-refractivity contribution in [1.82, 2.24) is 24.4 Å². The average Bonchev–Trinajstić information content (AvgIpc) is 3.28. The Morgan fingerprint density at radius 1 is 1.46 bits per heavy atom. The lowest BCUT2D eigenvalue weighted by Gasteiger charge is -2.21. The summed E-state index contributed by atoms with van der Waals surface area (Å²) in [7, 11) is 0. The standard InChI is InChI=1S/C17H20N6O/c1-10(7-18)22-6-4-12(9-22)23-15-13-3-5-19-16(13)20-8-14(15)21-17(23)11(2)24/h3,5,8,10-12,24H,4,6,9H2,1-2H3,(H,19,20). The maximum absolute atomic E-state index is 10.2. The molecule has 0 amide bonds. The number of aliphatic hydroxyl groups excluding tert-OH is 1. The molecule has 1 aliphatic rings. The number of nitriles is 1. The van der Waals surface area contributed by atoms with E-state index in [-0.39, 0.29) is 12.1 Å². The molecule has 0 bridgehead atoms. The van der Waals surface area contributed by atoms with Crippen molar-refractivity contribution in [2.75, 3.05) is 13.1 Å². The molecule has 0 spiro atoms. The third kappa shape index (κ3) is 2.19. The summed E-state index contributed by atoms with van der Waals surface area (Å²) >= 11 is 0. The molecule has 2 N–H and O–H groups in total. The second-order valence-corrected chi connectivity index (χ2v) is 6.49. The molecule has 1 aliphatic heterocycles. The second kappa shape index (κ2) is 5.58. The van der Waals surface area contributed by atoms with Crippen LogP contribution in [0.3, 0.4) is 0 Å². The second-order valence-electron chi connectivity index (χ2n) is 6.49. The minimum atomic E-state index is -0.658. The molecule has 3 atom stereocenters. The van der Waals surface area contributed by atoms with Gasteiger partial charge in [0, 0.05) is 30.7 Å². The minimum Gasteiger partial charge on any atom is -0.385 e. The minimum absolute atomic E-state index is 0.103. The summed E-state index contributed by atoms with van der Waals surface area (Å²) in [6.07, 6.45) is 3.90. The van der Waals surface area contributed by atoms with Crippen LogP contribution >= 0.6 is 0 Å². The zero-order valence-corrected chi connectivity index (χ0v) is 13.8. The molecular formula is C17H20N6O. The van der Waals surface area contributed by atoms with Crippen LogP contribution in [0, 0.1) is 11.3 Å². The fraction of sp³-hybridized carbons (Fsp3) is 0.471. The molecule has 0 radical (unpaired) electrons. The van der Waals surface area contributed by atoms with Crippen molar-refractivity contribution in [3.8, 4) is 6.07 Å². The van der Waals surface area contributed by atoms with Gasteiger partial charge in [0.15, 0.2) is 0 Å². The van der Waals surface area contributed by atoms with Crippen molar-refractivity contribution < 1.29 is 5.11 Å². The summed E-state index contributed by atoms with van der Waals surface area (Å²) in [5, 5.41) is 20.4. The Kier molecular flexibility index (Phi) is 3.52. The third-order valence-corrected chi connectivity index (χ3v) is 4.93. The van der Waals surface area contributed by atoms with E-state index in [1.807, 2.05) is 19.2 Å². The van der Waals surface area contributed by atoms with Crippen molar-refractivity contribution in [3.05, 3.63) is 24.3 Å². The smallest absolute Gasteiger partial charge is 0.139 e. The van der Waals surface area contributed by atoms with E-state index in [0.717, 1.165) is 41.6 Å². The van der Waals surface area contributed by atoms with Gasteiger partial charge in [-0.2, -0.15) is 5.26 Å². The predicted octanol–water partition coefficient (Wildman–Crippen LogP) is 2.12. The van der Waals surface area contributed by atoms with Crippen LogP contribution in [0.1, 0.15) is 38.2 Å². The lowest BCUT2D eigenvalue weighted by molar-refractivity contribution is 0.181. The molecule has 4 heterocycles. The number of hydrogen-bond donors (Lipinski definition) is 2. The maximum Gasteiger partial charge on any atom is 0.139 e. The predicted molar refractivity (Wildman–Crippen MR) is 90.3 cm³/mol. The number of H-pyrrole nitrogens is 1. The van der Waals surface area contributed by atoms with Crippen molar-refractivity contribution in [3.63, 3.8) is 0 Å². The van der Waals surface area contributed by atoms with E-state index >= 15 is 0 Å². The molecule has 3 aromatic heterocycles. The van der Waals surface area contributed by atoms with Crippen LogP contribution in [0.4, 0.5) is 0 Å². The maximum atomic E-state index is 10.2. The number of aromatic amines is 1. The first-order chi connectivity index (χ1) is 11.6. The molecule has 3 unspecified atom stereocenters. The molecule has 0 aromatic carbocycles. The molecule has 7 heteroatoms. The monoisotopic (exact) mass is 324 g/mol. The topological polar surface area (TPSA) is 93.8 Å². The van der Waals surface area contributed by atoms with Crippen molar-refractivity contribution >= 4 is 22.1 Å². The van der Waals surface area contributed by atoms with Crippen LogP contribution in [0.5, 0.6) is 0 Å². The summed E-state index contributed by atoms with van der Waals surface area (Å²) < 4.78 is 2.15. The van der Waals surface area contributed by atoms with Gasteiger partial charge in [-0.05, 0) is 26.3 Å². The molecule has 4 rings (SSSR count). The molecule has 24 heavy (non-hydrogen) atoms. The van der Waals surface area contributed by atoms with Gasteiger partial charge in [-0.3, -0.25) is 4.90 Å². The van der Waals surface area contributed by atoms with Gasteiger partial charge in [-0.15, -0.1) is 0 Å². The summed E-state index contributed by atoms with van der Waals surface area (Å²) in [4.78, 5) is 14.3. The highest BCUT2D eigenvalue weighted by Gasteiger charge is 2.31. The zero-order valence-electron chi connectivity index (χ0n) is 13.8. The summed E-state index contributed by atoms with van der Waals surface area (Å²) in [5.41, 5.74) is 2.62. The number of imidazole rings is 1. The lowest BCUT2D eigenvalue weighted by atomic mass is 10.2. The fourth-order valence-corrected chi connectivity index (χ4v) is 3.69. The average molecular weight is 324 g/mol. The SMILES string of the molecule is CC(O)c1nc2cnc3[nH]ccc3c2n1C1CCN(C(C)C#N)C1. The Balaban J connectivity index is 1.88. The first-order valence-electron chi connectivity index (χ1n) is 8.25. The number of aromatic nitrogens is 4. The Bertz CT molecular complexity index is 934. The largest absolute Gasteiger partial charge is 0.385 e. The number of nitrogens with one attached hydrogen (secondary N) is 1. The zero-order chi connectivity index (χ0) is 16.8. The van der Waals surface area contributed by atoms with E-state index in [1.165, 1.54) is 0 Å². The van der Waals surface area contributed by atoms with E-state index in [0.29, 0.717) is 5.82 Å². The number of hydrogen-bond acceptors (Lipinski definition) is 5. The van der Waals surface area contributed by atoms with Gasteiger partial charge in [-0.1, -0.05) is 0 Å². The summed E-state index contributed by atoms with van der Waals surface area (Å²) in [5.74, 6) is 0.664. The van der Waals surface area contributed by atoms with E-state index in [9.17, 15) is 10.4 Å². The molecule has 0 saturated carbocycles. The first kappa shape index (κ1) is 15.1. The Morgan fingerprint density at radius 3 is 3.04 bits per heavy atom. The van der Waals surface area contributed by atoms with Gasteiger partial charge in [0.05, 0.1) is 23.8 Å². The van der Waals surface area contributed by atoms with Crippen molar-refractivity contribution in [2.45, 2.75) is 38.5 Å². The normalized spacial score (nSPS) is 21.3. The van der Waals surface area contributed by atoms with Crippen LogP contribution < -0.4 is 0 Å². The Hall–Kier alpha value is -2.43. The summed E-state index contributed by atoms with van der Waals surface area (Å²) in [6, 6.07) is 4.40. The molecule has 7 nitrogen and oxygen atoms in total. The van der Waals surface area contributed by atoms with E-state index < -0.39 is 6.10 Å². The molecular weight excluding hydrogens is 304 g/mol. The van der Waals surface area contributed by atoms with Crippen LogP contribution in [-0.2, 0) is 0 Å². The lowest BCUT2D eigenvalue weighted by Crippen LogP contribution is -2.30. The number of nitrogens with zero attached hydrogens (tertiary/aromatic N) is 5. The first-order valence-corrected chi connectivity index (χ1v) is 8.25. The van der Waals surface area contributed by atoms with Gasteiger partial charge in [0.1, 0.15) is 23.1 Å². The molecule has 1 saturated heterocycles. The fourth-order valence-electron chi connectivity index (χ4n) is 3.69. The van der Waals surface area contributed by atoms with E-state index in [2.05, 4.69) is 30.5 Å². The number of fused-ring (bicyclic) bond motifs is 3. The van der Waals surface area contributed by atoms with Gasteiger partial charge >= 0.3 is 0 Å². The Labute approximate surface area is 139 Å². The molecule has 3 aromatic rings. The quantitative estimate of drug-likeness (QED) is 0.769. The van der Waals surface area contributed by atoms with Crippen molar-refractivity contribution in [2.24, 2.45) is 0 Å². The third-order valence-electron chi connectivity index (χ3n) is 4.93. The van der Waals surface area contributed by atoms with E-state index in [4.69, 9.17) is 0 Å². The van der Waals surface area contributed by atoms with Gasteiger partial charge in [0.25, 0.3) is 0 Å².